The molecule has 1 aliphatic carbocycles. The van der Waals surface area contributed by atoms with Crippen molar-refractivity contribution in [1.29, 1.82) is 0 Å². The van der Waals surface area contributed by atoms with Crippen LogP contribution in [0.1, 0.15) is 96.9 Å². The van der Waals surface area contributed by atoms with E-state index in [1.54, 1.807) is 6.07 Å². The number of nitrogens with one attached hydrogen (secondary N) is 1. The van der Waals surface area contributed by atoms with Crippen molar-refractivity contribution in [3.63, 3.8) is 0 Å². The topological polar surface area (TPSA) is 86.3 Å². The molecule has 0 radical (unpaired) electrons. The standard InChI is InChI=1S/C26H38FN3O3/c1-6-17(7-2)30-22-14-21(29-16-11-9-8-10-12-16)20(27)13-18(22)23(31)19(15-33-25(28)32)24(30)26(3,4)5/h13-14,16-17,29H,6-12,15H2,1-5H3,(H2,28,32). The lowest BCUT2D eigenvalue weighted by Crippen LogP contribution is -2.32. The van der Waals surface area contributed by atoms with Gasteiger partial charge in [-0.05, 0) is 37.8 Å². The van der Waals surface area contributed by atoms with Crippen LogP contribution in [0, 0.1) is 5.82 Å². The van der Waals surface area contributed by atoms with Crippen LogP contribution in [0.5, 0.6) is 0 Å². The summed E-state index contributed by atoms with van der Waals surface area (Å²) in [6, 6.07) is 3.47. The quantitative estimate of drug-likeness (QED) is 0.521. The van der Waals surface area contributed by atoms with Crippen molar-refractivity contribution in [2.24, 2.45) is 5.73 Å². The van der Waals surface area contributed by atoms with E-state index in [2.05, 4.69) is 23.7 Å². The van der Waals surface area contributed by atoms with Gasteiger partial charge in [-0.2, -0.15) is 0 Å². The number of carbonyl (C=O) groups is 1. The summed E-state index contributed by atoms with van der Waals surface area (Å²) >= 11 is 0. The Balaban J connectivity index is 2.32. The van der Waals surface area contributed by atoms with Crippen molar-refractivity contribution in [3.05, 3.63) is 39.4 Å². The van der Waals surface area contributed by atoms with E-state index in [4.69, 9.17) is 10.5 Å². The number of aromatic nitrogens is 1. The maximum absolute atomic E-state index is 15.2. The maximum atomic E-state index is 15.2. The molecule has 2 aromatic rings. The van der Waals surface area contributed by atoms with Crippen molar-refractivity contribution in [2.45, 2.75) is 104 Å². The Labute approximate surface area is 195 Å². The minimum Gasteiger partial charge on any atom is -0.445 e. The van der Waals surface area contributed by atoms with Crippen LogP contribution in [0.4, 0.5) is 14.9 Å². The fourth-order valence-corrected chi connectivity index (χ4v) is 5.18. The van der Waals surface area contributed by atoms with Crippen LogP contribution >= 0.6 is 0 Å². The van der Waals surface area contributed by atoms with E-state index >= 15 is 4.39 Å². The first kappa shape index (κ1) is 25.1. The van der Waals surface area contributed by atoms with Gasteiger partial charge < -0.3 is 20.4 Å². The van der Waals surface area contributed by atoms with Crippen LogP contribution in [0.3, 0.4) is 0 Å². The highest BCUT2D eigenvalue weighted by atomic mass is 19.1. The molecule has 1 saturated carbocycles. The summed E-state index contributed by atoms with van der Waals surface area (Å²) in [6.07, 6.45) is 6.29. The van der Waals surface area contributed by atoms with Gasteiger partial charge in [0.05, 0.1) is 16.8 Å². The molecule has 3 rings (SSSR count). The molecule has 0 unspecified atom stereocenters. The number of benzene rings is 1. The van der Waals surface area contributed by atoms with Crippen LogP contribution in [0.25, 0.3) is 10.9 Å². The second-order valence-electron chi connectivity index (χ2n) is 10.2. The van der Waals surface area contributed by atoms with Crippen molar-refractivity contribution in [2.75, 3.05) is 5.32 Å². The Morgan fingerprint density at radius 3 is 2.39 bits per heavy atom. The fraction of sp³-hybridized carbons (Fsp3) is 0.615. The van der Waals surface area contributed by atoms with E-state index in [1.165, 1.54) is 12.5 Å². The van der Waals surface area contributed by atoms with Gasteiger partial charge in [-0.25, -0.2) is 9.18 Å². The summed E-state index contributed by atoms with van der Waals surface area (Å²) in [6.45, 7) is 10.1. The first-order valence-corrected chi connectivity index (χ1v) is 12.2. The van der Waals surface area contributed by atoms with Crippen molar-refractivity contribution in [1.82, 2.24) is 4.57 Å². The highest BCUT2D eigenvalue weighted by molar-refractivity contribution is 5.84. The van der Waals surface area contributed by atoms with E-state index in [-0.39, 0.29) is 24.1 Å². The largest absolute Gasteiger partial charge is 0.445 e. The number of halogens is 1. The summed E-state index contributed by atoms with van der Waals surface area (Å²) < 4.78 is 22.5. The third-order valence-corrected chi connectivity index (χ3v) is 6.73. The van der Waals surface area contributed by atoms with Gasteiger partial charge in [-0.3, -0.25) is 4.79 Å². The molecule has 1 aromatic heterocycles. The molecule has 1 fully saturated rings. The molecule has 182 valence electrons. The fourth-order valence-electron chi connectivity index (χ4n) is 5.18. The zero-order valence-corrected chi connectivity index (χ0v) is 20.6. The maximum Gasteiger partial charge on any atom is 0.404 e. The zero-order valence-electron chi connectivity index (χ0n) is 20.6. The summed E-state index contributed by atoms with van der Waals surface area (Å²) in [5.41, 5.74) is 6.77. The van der Waals surface area contributed by atoms with Gasteiger partial charge in [0.2, 0.25) is 0 Å². The van der Waals surface area contributed by atoms with Crippen LogP contribution in [0.15, 0.2) is 16.9 Å². The number of amides is 1. The molecule has 0 bridgehead atoms. The number of anilines is 1. The summed E-state index contributed by atoms with van der Waals surface area (Å²) in [7, 11) is 0. The third kappa shape index (κ3) is 5.33. The van der Waals surface area contributed by atoms with E-state index in [0.29, 0.717) is 22.2 Å². The SMILES string of the molecule is CCC(CC)n1c(C(C)(C)C)c(COC(N)=O)c(=O)c2cc(F)c(NC3CCCCC3)cc21. The Bertz CT molecular complexity index is 1060. The lowest BCUT2D eigenvalue weighted by molar-refractivity contribution is 0.148. The number of ether oxygens (including phenoxy) is 1. The minimum absolute atomic E-state index is 0.0997. The highest BCUT2D eigenvalue weighted by Crippen LogP contribution is 2.35. The van der Waals surface area contributed by atoms with Crippen molar-refractivity contribution in [3.8, 4) is 0 Å². The average Bonchev–Trinajstić information content (AvgIpc) is 2.75. The number of hydrogen-bond donors (Lipinski definition) is 2. The number of nitrogens with two attached hydrogens (primary N) is 1. The van der Waals surface area contributed by atoms with Gasteiger partial charge in [0.25, 0.3) is 0 Å². The summed E-state index contributed by atoms with van der Waals surface area (Å²) in [5, 5.41) is 3.70. The number of primary amides is 1. The monoisotopic (exact) mass is 459 g/mol. The molecule has 6 nitrogen and oxygen atoms in total. The molecule has 1 aromatic carbocycles. The molecule has 0 spiro atoms. The second kappa shape index (κ2) is 10.1. The summed E-state index contributed by atoms with van der Waals surface area (Å²) in [4.78, 5) is 24.9. The highest BCUT2D eigenvalue weighted by Gasteiger charge is 2.30. The molecule has 0 atom stereocenters. The van der Waals surface area contributed by atoms with E-state index in [9.17, 15) is 9.59 Å². The lowest BCUT2D eigenvalue weighted by Gasteiger charge is -2.33. The van der Waals surface area contributed by atoms with Crippen LogP contribution in [-0.4, -0.2) is 16.7 Å². The molecule has 0 saturated heterocycles. The molecule has 7 heteroatoms. The Morgan fingerprint density at radius 1 is 1.21 bits per heavy atom. The zero-order chi connectivity index (χ0) is 24.3. The molecule has 1 amide bonds. The van der Waals surface area contributed by atoms with Gasteiger partial charge in [0.15, 0.2) is 5.43 Å². The summed E-state index contributed by atoms with van der Waals surface area (Å²) in [5.74, 6) is -0.438. The van der Waals surface area contributed by atoms with E-state index < -0.39 is 17.3 Å². The normalized spacial score (nSPS) is 15.2. The third-order valence-electron chi connectivity index (χ3n) is 6.73. The van der Waals surface area contributed by atoms with Crippen LogP contribution in [-0.2, 0) is 16.8 Å². The Hall–Kier alpha value is -2.57. The molecule has 0 aliphatic heterocycles. The van der Waals surface area contributed by atoms with Crippen LogP contribution < -0.4 is 16.5 Å². The number of carbonyl (C=O) groups excluding carboxylic acids is 1. The van der Waals surface area contributed by atoms with Crippen molar-refractivity contribution >= 4 is 22.7 Å². The average molecular weight is 460 g/mol. The predicted octanol–water partition coefficient (Wildman–Crippen LogP) is 6.14. The molecular weight excluding hydrogens is 421 g/mol. The number of pyridine rings is 1. The molecule has 3 N–H and O–H groups in total. The Kier molecular flexibility index (Phi) is 7.70. The van der Waals surface area contributed by atoms with E-state index in [0.717, 1.165) is 44.2 Å². The van der Waals surface area contributed by atoms with Gasteiger partial charge in [-0.1, -0.05) is 53.9 Å². The molecule has 33 heavy (non-hydrogen) atoms. The van der Waals surface area contributed by atoms with Crippen LogP contribution in [0.2, 0.25) is 0 Å². The smallest absolute Gasteiger partial charge is 0.404 e. The minimum atomic E-state index is -0.943. The number of fused-ring (bicyclic) bond motifs is 1. The van der Waals surface area contributed by atoms with Gasteiger partial charge in [0.1, 0.15) is 12.4 Å². The molecule has 1 aliphatic rings. The van der Waals surface area contributed by atoms with Crippen molar-refractivity contribution < 1.29 is 13.9 Å². The molecular formula is C26H38FN3O3. The molecule has 1 heterocycles. The van der Waals surface area contributed by atoms with E-state index in [1.807, 2.05) is 20.8 Å². The Morgan fingerprint density at radius 2 is 1.85 bits per heavy atom. The first-order chi connectivity index (χ1) is 15.6. The van der Waals surface area contributed by atoms with Gasteiger partial charge >= 0.3 is 6.09 Å². The number of rotatable bonds is 7. The van der Waals surface area contributed by atoms with Gasteiger partial charge in [0, 0.05) is 28.6 Å². The second-order valence-corrected chi connectivity index (χ2v) is 10.2. The lowest BCUT2D eigenvalue weighted by atomic mass is 9.86. The number of nitrogens with zero attached hydrogens (tertiary/aromatic N) is 1. The predicted molar refractivity (Wildman–Crippen MR) is 131 cm³/mol. The van der Waals surface area contributed by atoms with Gasteiger partial charge in [-0.15, -0.1) is 0 Å². The number of hydrogen-bond acceptors (Lipinski definition) is 4. The first-order valence-electron chi connectivity index (χ1n) is 12.2.